The number of fused-ring (bicyclic) bond motifs is 1. The second-order valence-corrected chi connectivity index (χ2v) is 9.47. The summed E-state index contributed by atoms with van der Waals surface area (Å²) in [5.41, 5.74) is 2.89. The third-order valence-electron chi connectivity index (χ3n) is 6.45. The molecule has 1 amide bonds. The van der Waals surface area contributed by atoms with Crippen LogP contribution in [0.5, 0.6) is 0 Å². The fraction of sp³-hybridized carbons (Fsp3) is 0.259. The molecule has 9 nitrogen and oxygen atoms in total. The van der Waals surface area contributed by atoms with E-state index in [0.29, 0.717) is 40.2 Å². The predicted octanol–water partition coefficient (Wildman–Crippen LogP) is 4.32. The maximum atomic E-state index is 13.6. The number of pyridine rings is 1. The Kier molecular flexibility index (Phi) is 7.67. The van der Waals surface area contributed by atoms with E-state index in [4.69, 9.17) is 11.6 Å². The number of rotatable bonds is 8. The molecule has 2 aromatic heterocycles. The van der Waals surface area contributed by atoms with Crippen molar-refractivity contribution in [1.82, 2.24) is 25.2 Å². The molecule has 0 bridgehead atoms. The van der Waals surface area contributed by atoms with E-state index in [-0.39, 0.29) is 23.5 Å². The molecule has 1 aliphatic rings. The normalized spacial score (nSPS) is 13.7. The summed E-state index contributed by atoms with van der Waals surface area (Å²) in [6.45, 7) is 2.41. The molecule has 0 radical (unpaired) electrons. The molecule has 38 heavy (non-hydrogen) atoms. The molecule has 1 saturated heterocycles. The van der Waals surface area contributed by atoms with Gasteiger partial charge in [0.15, 0.2) is 0 Å². The van der Waals surface area contributed by atoms with Crippen molar-refractivity contribution in [3.8, 4) is 6.07 Å². The molecule has 3 heterocycles. The van der Waals surface area contributed by atoms with Crippen molar-refractivity contribution in [3.05, 3.63) is 77.2 Å². The molecule has 0 saturated carbocycles. The van der Waals surface area contributed by atoms with E-state index in [0.717, 1.165) is 31.6 Å². The van der Waals surface area contributed by atoms with Crippen LogP contribution in [0.4, 0.5) is 21.5 Å². The molecular weight excluding hydrogens is 507 g/mol. The number of anilines is 3. The van der Waals surface area contributed by atoms with Gasteiger partial charge in [-0.15, -0.1) is 0 Å². The van der Waals surface area contributed by atoms with E-state index in [1.165, 1.54) is 18.3 Å². The van der Waals surface area contributed by atoms with Gasteiger partial charge in [-0.05, 0) is 62.3 Å². The smallest absolute Gasteiger partial charge is 0.240 e. The van der Waals surface area contributed by atoms with Crippen molar-refractivity contribution in [1.29, 1.82) is 5.26 Å². The zero-order valence-electron chi connectivity index (χ0n) is 20.5. The third kappa shape index (κ3) is 5.85. The van der Waals surface area contributed by atoms with Crippen molar-refractivity contribution in [2.75, 3.05) is 23.7 Å². The molecule has 0 unspecified atom stereocenters. The number of carbonyl (C=O) groups is 1. The van der Waals surface area contributed by atoms with Crippen molar-refractivity contribution in [2.45, 2.75) is 32.0 Å². The Morgan fingerprint density at radius 3 is 2.79 bits per heavy atom. The molecule has 1 aliphatic heterocycles. The number of carbonyl (C=O) groups excluding carboxylic acids is 1. The summed E-state index contributed by atoms with van der Waals surface area (Å²) >= 11 is 5.94. The van der Waals surface area contributed by atoms with Crippen LogP contribution in [0.2, 0.25) is 5.02 Å². The van der Waals surface area contributed by atoms with Crippen LogP contribution in [0.25, 0.3) is 10.9 Å². The highest BCUT2D eigenvalue weighted by Crippen LogP contribution is 2.32. The van der Waals surface area contributed by atoms with Crippen LogP contribution in [0.3, 0.4) is 0 Å². The number of nitrogens with one attached hydrogen (secondary N) is 4. The lowest BCUT2D eigenvalue weighted by molar-refractivity contribution is -0.122. The second kappa shape index (κ2) is 11.5. The highest BCUT2D eigenvalue weighted by Gasteiger charge is 2.17. The van der Waals surface area contributed by atoms with Gasteiger partial charge in [0.2, 0.25) is 5.91 Å². The van der Waals surface area contributed by atoms with Gasteiger partial charge in [-0.1, -0.05) is 11.6 Å². The molecular formula is C27H26ClFN8O. The van der Waals surface area contributed by atoms with Crippen LogP contribution in [-0.4, -0.2) is 39.6 Å². The zero-order valence-corrected chi connectivity index (χ0v) is 21.2. The Bertz CT molecular complexity index is 1510. The number of hydrogen-bond donors (Lipinski definition) is 4. The summed E-state index contributed by atoms with van der Waals surface area (Å²) in [5, 5.41) is 23.3. The fourth-order valence-corrected chi connectivity index (χ4v) is 4.65. The van der Waals surface area contributed by atoms with Gasteiger partial charge in [-0.2, -0.15) is 5.26 Å². The Hall–Kier alpha value is -4.20. The molecule has 0 aliphatic carbocycles. The maximum Gasteiger partial charge on any atom is 0.240 e. The highest BCUT2D eigenvalue weighted by atomic mass is 35.5. The van der Waals surface area contributed by atoms with Gasteiger partial charge in [-0.3, -0.25) is 9.78 Å². The number of amides is 1. The van der Waals surface area contributed by atoms with Gasteiger partial charge < -0.3 is 25.8 Å². The highest BCUT2D eigenvalue weighted by molar-refractivity contribution is 6.31. The topological polar surface area (TPSA) is 120 Å². The van der Waals surface area contributed by atoms with Crippen LogP contribution in [-0.2, 0) is 17.9 Å². The van der Waals surface area contributed by atoms with Crippen molar-refractivity contribution in [2.24, 2.45) is 0 Å². The van der Waals surface area contributed by atoms with Gasteiger partial charge in [0.1, 0.15) is 24.3 Å². The minimum atomic E-state index is -0.522. The van der Waals surface area contributed by atoms with E-state index >= 15 is 0 Å². The first-order valence-electron chi connectivity index (χ1n) is 12.3. The minimum Gasteiger partial charge on any atom is -0.378 e. The van der Waals surface area contributed by atoms with E-state index in [1.807, 2.05) is 22.8 Å². The number of nitrogens with zero attached hydrogens (tertiary/aromatic N) is 4. The minimum absolute atomic E-state index is 0.0193. The second-order valence-electron chi connectivity index (χ2n) is 9.06. The average molecular weight is 533 g/mol. The van der Waals surface area contributed by atoms with Crippen LogP contribution < -0.4 is 21.3 Å². The number of piperidine rings is 1. The summed E-state index contributed by atoms with van der Waals surface area (Å²) in [6.07, 6.45) is 6.82. The number of aromatic nitrogens is 3. The summed E-state index contributed by atoms with van der Waals surface area (Å²) in [7, 11) is 0. The van der Waals surface area contributed by atoms with Gasteiger partial charge in [0.25, 0.3) is 0 Å². The largest absolute Gasteiger partial charge is 0.378 e. The first-order valence-corrected chi connectivity index (χ1v) is 12.7. The Balaban J connectivity index is 1.32. The Morgan fingerprint density at radius 2 is 2.00 bits per heavy atom. The number of imidazole rings is 1. The summed E-state index contributed by atoms with van der Waals surface area (Å²) < 4.78 is 15.5. The number of hydrogen-bond acceptors (Lipinski definition) is 7. The quantitative estimate of drug-likeness (QED) is 0.267. The van der Waals surface area contributed by atoms with E-state index in [2.05, 4.69) is 37.3 Å². The molecule has 11 heteroatoms. The Labute approximate surface area is 224 Å². The van der Waals surface area contributed by atoms with E-state index in [9.17, 15) is 14.4 Å². The molecule has 4 N–H and O–H groups in total. The monoisotopic (exact) mass is 532 g/mol. The first kappa shape index (κ1) is 25.4. The maximum absolute atomic E-state index is 13.6. The lowest BCUT2D eigenvalue weighted by Crippen LogP contribution is -2.43. The van der Waals surface area contributed by atoms with Gasteiger partial charge >= 0.3 is 0 Å². The Morgan fingerprint density at radius 1 is 1.18 bits per heavy atom. The molecule has 0 spiro atoms. The lowest BCUT2D eigenvalue weighted by Gasteiger charge is -2.23. The molecule has 194 valence electrons. The van der Waals surface area contributed by atoms with Gasteiger partial charge in [-0.25, -0.2) is 9.37 Å². The molecule has 5 rings (SSSR count). The molecule has 4 aromatic rings. The number of halogens is 2. The first-order chi connectivity index (χ1) is 18.5. The molecule has 1 fully saturated rings. The van der Waals surface area contributed by atoms with Crippen LogP contribution in [0.1, 0.15) is 24.2 Å². The van der Waals surface area contributed by atoms with Crippen LogP contribution >= 0.6 is 11.6 Å². The van der Waals surface area contributed by atoms with Crippen molar-refractivity contribution in [3.63, 3.8) is 0 Å². The number of benzene rings is 2. The number of nitriles is 1. The van der Waals surface area contributed by atoms with Crippen molar-refractivity contribution < 1.29 is 9.18 Å². The predicted molar refractivity (Wildman–Crippen MR) is 145 cm³/mol. The van der Waals surface area contributed by atoms with Gasteiger partial charge in [0.05, 0.1) is 28.3 Å². The SMILES string of the molecule is N#Cc1cnc2ccc(NCc3nccn3CC(=O)NC3CCNCC3)cc2c1Nc1ccc(F)c(Cl)c1. The lowest BCUT2D eigenvalue weighted by atomic mass is 10.1. The third-order valence-corrected chi connectivity index (χ3v) is 6.74. The summed E-state index contributed by atoms with van der Waals surface area (Å²) in [5.74, 6) is 0.160. The zero-order chi connectivity index (χ0) is 26.5. The molecule has 0 atom stereocenters. The molecule has 2 aromatic carbocycles. The fourth-order valence-electron chi connectivity index (χ4n) is 4.47. The summed E-state index contributed by atoms with van der Waals surface area (Å²) in [4.78, 5) is 21.4. The summed E-state index contributed by atoms with van der Waals surface area (Å²) in [6, 6.07) is 12.3. The van der Waals surface area contributed by atoms with E-state index in [1.54, 1.807) is 18.5 Å². The van der Waals surface area contributed by atoms with E-state index < -0.39 is 5.82 Å². The average Bonchev–Trinajstić information content (AvgIpc) is 3.36. The van der Waals surface area contributed by atoms with Crippen molar-refractivity contribution >= 4 is 45.5 Å². The van der Waals surface area contributed by atoms with Crippen LogP contribution in [0, 0.1) is 17.1 Å². The standard InChI is InChI=1S/C27H26ClFN8O/c28-22-12-20(1-3-23(22)29)36-27-17(13-30)14-34-24-4-2-19(11-21(24)27)33-15-25-32-9-10-37(25)16-26(38)35-18-5-7-31-8-6-18/h1-4,9-12,14,18,31,33H,5-8,15-16H2,(H,34,36)(H,35,38). The van der Waals surface area contributed by atoms with Gasteiger partial charge in [0, 0.05) is 41.4 Å². The van der Waals surface area contributed by atoms with Crippen LogP contribution in [0.15, 0.2) is 55.0 Å².